The van der Waals surface area contributed by atoms with E-state index in [2.05, 4.69) is 6.92 Å². The smallest absolute Gasteiger partial charge is 0.191 e. The van der Waals surface area contributed by atoms with Gasteiger partial charge in [-0.05, 0) is 80.9 Å². The van der Waals surface area contributed by atoms with Crippen LogP contribution in [0.25, 0.3) is 0 Å². The molecule has 0 amide bonds. The molecule has 0 aromatic heterocycles. The molecule has 1 aromatic rings. The average Bonchev–Trinajstić information content (AvgIpc) is 2.74. The van der Waals surface area contributed by atoms with Gasteiger partial charge in [-0.15, -0.1) is 0 Å². The van der Waals surface area contributed by atoms with E-state index in [1.165, 1.54) is 69.9 Å². The van der Waals surface area contributed by atoms with Crippen LogP contribution in [0, 0.1) is 23.5 Å². The maximum Gasteiger partial charge on any atom is 0.191 e. The van der Waals surface area contributed by atoms with Crippen molar-refractivity contribution < 1.29 is 13.5 Å². The minimum absolute atomic E-state index is 0.160. The fourth-order valence-corrected chi connectivity index (χ4v) is 5.58. The van der Waals surface area contributed by atoms with Gasteiger partial charge >= 0.3 is 0 Å². The molecule has 0 saturated heterocycles. The van der Waals surface area contributed by atoms with Crippen LogP contribution < -0.4 is 4.74 Å². The molecule has 1 nitrogen and oxygen atoms in total. The third-order valence-corrected chi connectivity index (χ3v) is 7.36. The van der Waals surface area contributed by atoms with Crippen LogP contribution in [0.3, 0.4) is 0 Å². The lowest BCUT2D eigenvalue weighted by Gasteiger charge is -2.36. The first-order chi connectivity index (χ1) is 14.1. The zero-order valence-corrected chi connectivity index (χ0v) is 18.5. The van der Waals surface area contributed by atoms with Crippen molar-refractivity contribution in [1.82, 2.24) is 0 Å². The molecule has 3 heteroatoms. The molecule has 1 aromatic carbocycles. The van der Waals surface area contributed by atoms with Gasteiger partial charge in [-0.1, -0.05) is 58.3 Å². The Kier molecular flexibility index (Phi) is 8.81. The van der Waals surface area contributed by atoms with Crippen LogP contribution in [-0.2, 0) is 0 Å². The average molecular weight is 407 g/mol. The summed E-state index contributed by atoms with van der Waals surface area (Å²) in [6.45, 7) is 4.08. The van der Waals surface area contributed by atoms with Crippen molar-refractivity contribution in [3.63, 3.8) is 0 Å². The highest BCUT2D eigenvalue weighted by atomic mass is 19.1. The van der Waals surface area contributed by atoms with E-state index in [1.54, 1.807) is 0 Å². The van der Waals surface area contributed by atoms with Gasteiger partial charge in [0.25, 0.3) is 0 Å². The molecular weight excluding hydrogens is 366 g/mol. The molecule has 2 aliphatic rings. The summed E-state index contributed by atoms with van der Waals surface area (Å²) < 4.78 is 35.0. The SMILES string of the molecule is CCCCCCC(C)Oc1c(F)cc(C2CCC(C3CCCCC3)CC2)cc1F. The Balaban J connectivity index is 1.53. The van der Waals surface area contributed by atoms with Gasteiger partial charge in [0.1, 0.15) is 0 Å². The molecule has 29 heavy (non-hydrogen) atoms. The van der Waals surface area contributed by atoms with Crippen LogP contribution in [-0.4, -0.2) is 6.10 Å². The monoisotopic (exact) mass is 406 g/mol. The van der Waals surface area contributed by atoms with E-state index in [0.29, 0.717) is 5.92 Å². The molecule has 0 heterocycles. The largest absolute Gasteiger partial charge is 0.485 e. The zero-order valence-electron chi connectivity index (χ0n) is 18.5. The molecule has 2 saturated carbocycles. The van der Waals surface area contributed by atoms with E-state index in [1.807, 2.05) is 6.92 Å². The van der Waals surface area contributed by atoms with Crippen molar-refractivity contribution in [2.45, 2.75) is 116 Å². The Morgan fingerprint density at radius 1 is 0.862 bits per heavy atom. The molecule has 0 aliphatic heterocycles. The van der Waals surface area contributed by atoms with Crippen LogP contribution in [0.15, 0.2) is 12.1 Å². The topological polar surface area (TPSA) is 9.23 Å². The van der Waals surface area contributed by atoms with Crippen LogP contribution >= 0.6 is 0 Å². The Labute approximate surface area is 176 Å². The number of rotatable bonds is 9. The number of halogens is 2. The first-order valence-corrected chi connectivity index (χ1v) is 12.2. The van der Waals surface area contributed by atoms with E-state index < -0.39 is 11.6 Å². The summed E-state index contributed by atoms with van der Waals surface area (Å²) in [7, 11) is 0. The third-order valence-electron chi connectivity index (χ3n) is 7.36. The second kappa shape index (κ2) is 11.3. The summed E-state index contributed by atoms with van der Waals surface area (Å²) in [5, 5.41) is 0. The van der Waals surface area contributed by atoms with Crippen LogP contribution in [0.4, 0.5) is 8.78 Å². The summed E-state index contributed by atoms with van der Waals surface area (Å²) in [6, 6.07) is 3.07. The summed E-state index contributed by atoms with van der Waals surface area (Å²) in [6.07, 6.45) is 16.8. The van der Waals surface area contributed by atoms with Crippen molar-refractivity contribution in [2.75, 3.05) is 0 Å². The van der Waals surface area contributed by atoms with Crippen LogP contribution in [0.5, 0.6) is 5.75 Å². The molecule has 1 unspecified atom stereocenters. The second-order valence-corrected chi connectivity index (χ2v) is 9.60. The van der Waals surface area contributed by atoms with Gasteiger partial charge in [-0.3, -0.25) is 0 Å². The Bertz CT molecular complexity index is 592. The van der Waals surface area contributed by atoms with Gasteiger partial charge in [0.2, 0.25) is 0 Å². The predicted molar refractivity (Wildman–Crippen MR) is 116 cm³/mol. The van der Waals surface area contributed by atoms with Crippen molar-refractivity contribution >= 4 is 0 Å². The summed E-state index contributed by atoms with van der Waals surface area (Å²) in [5.74, 6) is 0.766. The number of hydrogen-bond donors (Lipinski definition) is 0. The Morgan fingerprint density at radius 2 is 1.48 bits per heavy atom. The molecule has 0 bridgehead atoms. The normalized spacial score (nSPS) is 24.4. The summed E-state index contributed by atoms with van der Waals surface area (Å²) in [4.78, 5) is 0. The fourth-order valence-electron chi connectivity index (χ4n) is 5.58. The molecule has 2 fully saturated rings. The van der Waals surface area contributed by atoms with E-state index in [9.17, 15) is 8.78 Å². The maximum atomic E-state index is 14.7. The number of benzene rings is 1. The summed E-state index contributed by atoms with van der Waals surface area (Å²) >= 11 is 0. The highest BCUT2D eigenvalue weighted by molar-refractivity contribution is 5.33. The van der Waals surface area contributed by atoms with Crippen molar-refractivity contribution in [2.24, 2.45) is 11.8 Å². The zero-order chi connectivity index (χ0) is 20.6. The second-order valence-electron chi connectivity index (χ2n) is 9.60. The van der Waals surface area contributed by atoms with Gasteiger partial charge < -0.3 is 4.74 Å². The quantitative estimate of drug-likeness (QED) is 0.373. The van der Waals surface area contributed by atoms with Crippen molar-refractivity contribution in [3.8, 4) is 5.75 Å². The Hall–Kier alpha value is -1.12. The van der Waals surface area contributed by atoms with Gasteiger partial charge in [-0.2, -0.15) is 0 Å². The fraction of sp³-hybridized carbons (Fsp3) is 0.769. The molecule has 0 spiro atoms. The van der Waals surface area contributed by atoms with E-state index >= 15 is 0 Å². The molecule has 3 rings (SSSR count). The van der Waals surface area contributed by atoms with Gasteiger partial charge in [0.15, 0.2) is 17.4 Å². The predicted octanol–water partition coefficient (Wildman–Crippen LogP) is 8.56. The van der Waals surface area contributed by atoms with E-state index in [-0.39, 0.29) is 11.9 Å². The number of ether oxygens (including phenoxy) is 1. The van der Waals surface area contributed by atoms with Gasteiger partial charge in [-0.25, -0.2) is 8.78 Å². The highest BCUT2D eigenvalue weighted by Gasteiger charge is 2.30. The minimum Gasteiger partial charge on any atom is -0.485 e. The molecule has 1 atom stereocenters. The molecular formula is C26H40F2O. The molecule has 2 aliphatic carbocycles. The number of hydrogen-bond acceptors (Lipinski definition) is 1. The summed E-state index contributed by atoms with van der Waals surface area (Å²) in [5.41, 5.74) is 0.824. The first kappa shape index (κ1) is 22.6. The lowest BCUT2D eigenvalue weighted by Crippen LogP contribution is -2.23. The molecule has 164 valence electrons. The van der Waals surface area contributed by atoms with Crippen LogP contribution in [0.2, 0.25) is 0 Å². The standard InChI is InChI=1S/C26H40F2O/c1-3-4-5-7-10-19(2)29-26-24(27)17-23(18-25(26)28)22-15-13-21(14-16-22)20-11-8-6-9-12-20/h17-22H,3-16H2,1-2H3. The van der Waals surface area contributed by atoms with Crippen LogP contribution in [0.1, 0.15) is 115 Å². The lowest BCUT2D eigenvalue weighted by molar-refractivity contribution is 0.183. The van der Waals surface area contributed by atoms with Gasteiger partial charge in [0, 0.05) is 0 Å². The first-order valence-electron chi connectivity index (χ1n) is 12.2. The Morgan fingerprint density at radius 3 is 2.10 bits per heavy atom. The molecule has 0 radical (unpaired) electrons. The van der Waals surface area contributed by atoms with E-state index in [0.717, 1.165) is 49.5 Å². The van der Waals surface area contributed by atoms with Crippen molar-refractivity contribution in [3.05, 3.63) is 29.3 Å². The van der Waals surface area contributed by atoms with Gasteiger partial charge in [0.05, 0.1) is 6.10 Å². The maximum absolute atomic E-state index is 14.7. The molecule has 0 N–H and O–H groups in total. The third kappa shape index (κ3) is 6.43. The number of unbranched alkanes of at least 4 members (excludes halogenated alkanes) is 3. The highest BCUT2D eigenvalue weighted by Crippen LogP contribution is 2.43. The lowest BCUT2D eigenvalue weighted by atomic mass is 9.70. The minimum atomic E-state index is -0.533. The van der Waals surface area contributed by atoms with Crippen molar-refractivity contribution in [1.29, 1.82) is 0 Å². The van der Waals surface area contributed by atoms with E-state index in [4.69, 9.17) is 4.74 Å².